The van der Waals surface area contributed by atoms with Gasteiger partial charge in [0.25, 0.3) is 0 Å². The summed E-state index contributed by atoms with van der Waals surface area (Å²) in [6.07, 6.45) is 3.98. The Morgan fingerprint density at radius 2 is 2.00 bits per heavy atom. The fraction of sp³-hybridized carbons (Fsp3) is 0.667. The first-order valence-electron chi connectivity index (χ1n) is 7.68. The predicted octanol–water partition coefficient (Wildman–Crippen LogP) is 4.86. The molecule has 1 N–H and O–H groups in total. The molecule has 1 saturated carbocycles. The third-order valence-electron chi connectivity index (χ3n) is 4.41. The van der Waals surface area contributed by atoms with Gasteiger partial charge in [0.2, 0.25) is 0 Å². The lowest BCUT2D eigenvalue weighted by atomic mass is 9.70. The van der Waals surface area contributed by atoms with Gasteiger partial charge in [-0.2, -0.15) is 0 Å². The lowest BCUT2D eigenvalue weighted by molar-refractivity contribution is 0.145. The van der Waals surface area contributed by atoms with Crippen LogP contribution in [0.25, 0.3) is 0 Å². The van der Waals surface area contributed by atoms with Crippen molar-refractivity contribution < 1.29 is 0 Å². The normalized spacial score (nSPS) is 28.1. The highest BCUT2D eigenvalue weighted by molar-refractivity contribution is 5.24. The molecule has 1 fully saturated rings. The Hall–Kier alpha value is -0.820. The molecule has 1 heteroatoms. The van der Waals surface area contributed by atoms with Gasteiger partial charge < -0.3 is 5.32 Å². The molecule has 0 radical (unpaired) electrons. The summed E-state index contributed by atoms with van der Waals surface area (Å²) in [5.41, 5.74) is 3.25. The summed E-state index contributed by atoms with van der Waals surface area (Å²) in [6.45, 7) is 11.7. The molecule has 0 amide bonds. The molecule has 106 valence electrons. The summed E-state index contributed by atoms with van der Waals surface area (Å²) in [7, 11) is 0. The Morgan fingerprint density at radius 1 is 1.26 bits per heavy atom. The van der Waals surface area contributed by atoms with E-state index >= 15 is 0 Å². The summed E-state index contributed by atoms with van der Waals surface area (Å²) < 4.78 is 0. The number of rotatable bonds is 3. The first-order chi connectivity index (χ1) is 8.85. The fourth-order valence-corrected chi connectivity index (χ4v) is 3.86. The molecule has 0 bridgehead atoms. The summed E-state index contributed by atoms with van der Waals surface area (Å²) >= 11 is 0. The zero-order valence-electron chi connectivity index (χ0n) is 13.2. The van der Waals surface area contributed by atoms with Gasteiger partial charge in [0.15, 0.2) is 0 Å². The Kier molecular flexibility index (Phi) is 4.35. The van der Waals surface area contributed by atoms with Crippen LogP contribution in [0.1, 0.15) is 64.1 Å². The summed E-state index contributed by atoms with van der Waals surface area (Å²) in [4.78, 5) is 0. The molecule has 0 heterocycles. The van der Waals surface area contributed by atoms with Gasteiger partial charge in [0, 0.05) is 12.1 Å². The van der Waals surface area contributed by atoms with Crippen LogP contribution in [0.15, 0.2) is 24.3 Å². The highest BCUT2D eigenvalue weighted by atomic mass is 14.9. The van der Waals surface area contributed by atoms with Gasteiger partial charge in [-0.3, -0.25) is 0 Å². The topological polar surface area (TPSA) is 12.0 Å². The molecule has 0 aliphatic heterocycles. The van der Waals surface area contributed by atoms with Crippen molar-refractivity contribution in [2.24, 2.45) is 11.3 Å². The molecule has 0 aromatic heterocycles. The van der Waals surface area contributed by atoms with E-state index < -0.39 is 0 Å². The maximum atomic E-state index is 3.85. The minimum absolute atomic E-state index is 0.450. The molecule has 1 aliphatic carbocycles. The number of hydrogen-bond donors (Lipinski definition) is 1. The highest BCUT2D eigenvalue weighted by Gasteiger charge is 2.32. The van der Waals surface area contributed by atoms with Crippen LogP contribution in [-0.2, 0) is 0 Å². The van der Waals surface area contributed by atoms with Gasteiger partial charge in [-0.05, 0) is 50.0 Å². The SMILES string of the molecule is Cc1cccc([C@@H](C)NC2CC(C)CC(C)(C)C2)c1. The Labute approximate surface area is 118 Å². The van der Waals surface area contributed by atoms with Gasteiger partial charge in [0.1, 0.15) is 0 Å². The average molecular weight is 259 g/mol. The predicted molar refractivity (Wildman–Crippen MR) is 83.3 cm³/mol. The fourth-order valence-electron chi connectivity index (χ4n) is 3.86. The molecule has 0 spiro atoms. The standard InChI is InChI=1S/C18H29N/c1-13-7-6-8-16(9-13)15(3)19-17-10-14(2)11-18(4,5)12-17/h6-9,14-15,17,19H,10-12H2,1-5H3/t14?,15-,17?/m1/s1. The maximum Gasteiger partial charge on any atom is 0.0294 e. The molecule has 1 aliphatic rings. The van der Waals surface area contributed by atoms with E-state index in [0.717, 1.165) is 5.92 Å². The number of benzene rings is 1. The first kappa shape index (κ1) is 14.6. The monoisotopic (exact) mass is 259 g/mol. The quantitative estimate of drug-likeness (QED) is 0.817. The third kappa shape index (κ3) is 4.07. The number of nitrogens with one attached hydrogen (secondary N) is 1. The lowest BCUT2D eigenvalue weighted by Crippen LogP contribution is -2.41. The molecule has 1 aromatic carbocycles. The van der Waals surface area contributed by atoms with Crippen LogP contribution in [0, 0.1) is 18.3 Å². The molecule has 3 atom stereocenters. The number of hydrogen-bond acceptors (Lipinski definition) is 1. The van der Waals surface area contributed by atoms with Gasteiger partial charge >= 0.3 is 0 Å². The van der Waals surface area contributed by atoms with Crippen LogP contribution in [0.4, 0.5) is 0 Å². The lowest BCUT2D eigenvalue weighted by Gasteiger charge is -2.40. The third-order valence-corrected chi connectivity index (χ3v) is 4.41. The largest absolute Gasteiger partial charge is 0.307 e. The van der Waals surface area contributed by atoms with E-state index in [1.54, 1.807) is 0 Å². The van der Waals surface area contributed by atoms with E-state index in [9.17, 15) is 0 Å². The van der Waals surface area contributed by atoms with Gasteiger partial charge in [0.05, 0.1) is 0 Å². The molecular formula is C18H29N. The van der Waals surface area contributed by atoms with Crippen LogP contribution in [0.2, 0.25) is 0 Å². The Morgan fingerprint density at radius 3 is 2.63 bits per heavy atom. The smallest absolute Gasteiger partial charge is 0.0294 e. The molecule has 1 aromatic rings. The molecule has 2 unspecified atom stereocenters. The van der Waals surface area contributed by atoms with Crippen LogP contribution in [-0.4, -0.2) is 6.04 Å². The Bertz CT molecular complexity index is 421. The van der Waals surface area contributed by atoms with Crippen molar-refractivity contribution >= 4 is 0 Å². The van der Waals surface area contributed by atoms with Crippen molar-refractivity contribution in [1.29, 1.82) is 0 Å². The maximum absolute atomic E-state index is 3.85. The second-order valence-corrected chi connectivity index (χ2v) is 7.41. The number of aryl methyl sites for hydroxylation is 1. The van der Waals surface area contributed by atoms with Gasteiger partial charge in [-0.25, -0.2) is 0 Å². The van der Waals surface area contributed by atoms with Crippen molar-refractivity contribution in [1.82, 2.24) is 5.32 Å². The average Bonchev–Trinajstić information content (AvgIpc) is 2.25. The van der Waals surface area contributed by atoms with Crippen LogP contribution in [0.3, 0.4) is 0 Å². The molecular weight excluding hydrogens is 230 g/mol. The van der Waals surface area contributed by atoms with E-state index in [0.29, 0.717) is 17.5 Å². The van der Waals surface area contributed by atoms with E-state index in [1.165, 1.54) is 30.4 Å². The molecule has 2 rings (SSSR count). The van der Waals surface area contributed by atoms with E-state index in [4.69, 9.17) is 0 Å². The minimum Gasteiger partial charge on any atom is -0.307 e. The molecule has 19 heavy (non-hydrogen) atoms. The van der Waals surface area contributed by atoms with E-state index in [1.807, 2.05) is 0 Å². The van der Waals surface area contributed by atoms with Crippen LogP contribution in [0.5, 0.6) is 0 Å². The van der Waals surface area contributed by atoms with E-state index in [2.05, 4.69) is 64.2 Å². The summed E-state index contributed by atoms with van der Waals surface area (Å²) in [6, 6.07) is 9.98. The van der Waals surface area contributed by atoms with E-state index in [-0.39, 0.29) is 0 Å². The second-order valence-electron chi connectivity index (χ2n) is 7.41. The summed E-state index contributed by atoms with van der Waals surface area (Å²) in [5, 5.41) is 3.85. The zero-order chi connectivity index (χ0) is 14.0. The molecule has 0 saturated heterocycles. The molecule has 1 nitrogen and oxygen atoms in total. The van der Waals surface area contributed by atoms with Crippen molar-refractivity contribution in [3.63, 3.8) is 0 Å². The van der Waals surface area contributed by atoms with Crippen molar-refractivity contribution in [2.75, 3.05) is 0 Å². The zero-order valence-corrected chi connectivity index (χ0v) is 13.2. The Balaban J connectivity index is 2.00. The van der Waals surface area contributed by atoms with Crippen molar-refractivity contribution in [2.45, 2.75) is 66.0 Å². The van der Waals surface area contributed by atoms with Gasteiger partial charge in [-0.1, -0.05) is 50.6 Å². The minimum atomic E-state index is 0.450. The summed E-state index contributed by atoms with van der Waals surface area (Å²) in [5.74, 6) is 0.839. The van der Waals surface area contributed by atoms with Crippen molar-refractivity contribution in [3.05, 3.63) is 35.4 Å². The highest BCUT2D eigenvalue weighted by Crippen LogP contribution is 2.39. The van der Waals surface area contributed by atoms with Crippen molar-refractivity contribution in [3.8, 4) is 0 Å². The second kappa shape index (κ2) is 5.66. The van der Waals surface area contributed by atoms with Crippen LogP contribution < -0.4 is 5.32 Å². The van der Waals surface area contributed by atoms with Gasteiger partial charge in [-0.15, -0.1) is 0 Å². The van der Waals surface area contributed by atoms with Crippen LogP contribution >= 0.6 is 0 Å². The first-order valence-corrected chi connectivity index (χ1v) is 7.68.